The smallest absolute Gasteiger partial charge is 0.326 e. The Morgan fingerprint density at radius 3 is 1.75 bits per heavy atom. The van der Waals surface area contributed by atoms with Crippen LogP contribution in [0.4, 0.5) is 0 Å². The second-order valence-corrected chi connectivity index (χ2v) is 18.5. The van der Waals surface area contributed by atoms with E-state index in [0.717, 1.165) is 32.1 Å². The van der Waals surface area contributed by atoms with Gasteiger partial charge in [0.1, 0.15) is 36.3 Å². The van der Waals surface area contributed by atoms with Crippen molar-refractivity contribution in [1.29, 1.82) is 0 Å². The molecule has 0 aromatic heterocycles. The standard InChI is InChI=1S/C45H71N7O12S/c1-25(2)38(47-28(6)53)44(62)49-32(20-21-65-7)42(60)50-33(22-29-14-10-8-11-15-29)35(54)24-36(55)52-39(26(3)4)43(61)46-27(5)40(58)48-31(18-19-37(56)57)41(59)51-34(45(63)64)23-30-16-12-9-13-17-30/h9,12-13,16-17,25-27,29,31-35,38-39,54H,8,10-11,14-15,18-24H2,1-7H3,(H,46,61)(H,47,53)(H,48,58)(H,49,62)(H,50,60)(H,51,59)(H,52,55)(H,56,57)(H,63,64)/t27-,31-,32-,33-,34-,35-,38-,39-/m0/s1. The van der Waals surface area contributed by atoms with Gasteiger partial charge < -0.3 is 52.5 Å². The molecule has 0 saturated heterocycles. The Morgan fingerprint density at radius 1 is 0.662 bits per heavy atom. The fourth-order valence-electron chi connectivity index (χ4n) is 7.52. The van der Waals surface area contributed by atoms with Crippen molar-refractivity contribution in [3.05, 3.63) is 35.9 Å². The lowest BCUT2D eigenvalue weighted by molar-refractivity contribution is -0.143. The number of rotatable bonds is 28. The lowest BCUT2D eigenvalue weighted by Gasteiger charge is -2.32. The predicted molar refractivity (Wildman–Crippen MR) is 244 cm³/mol. The Labute approximate surface area is 385 Å². The third-order valence-corrected chi connectivity index (χ3v) is 11.9. The van der Waals surface area contributed by atoms with Gasteiger partial charge in [-0.3, -0.25) is 38.4 Å². The van der Waals surface area contributed by atoms with E-state index in [4.69, 9.17) is 0 Å². The number of carbonyl (C=O) groups excluding carboxylic acids is 7. The molecule has 0 aliphatic heterocycles. The van der Waals surface area contributed by atoms with Crippen LogP contribution in [0.25, 0.3) is 0 Å². The van der Waals surface area contributed by atoms with Crippen molar-refractivity contribution in [2.45, 2.75) is 161 Å². The molecule has 7 amide bonds. The summed E-state index contributed by atoms with van der Waals surface area (Å²) in [5.41, 5.74) is 0.615. The average Bonchev–Trinajstić information content (AvgIpc) is 3.24. The zero-order valence-corrected chi connectivity index (χ0v) is 39.5. The minimum absolute atomic E-state index is 0.0807. The summed E-state index contributed by atoms with van der Waals surface area (Å²) in [6.45, 7) is 9.45. The Bertz CT molecular complexity index is 1760. The van der Waals surface area contributed by atoms with Gasteiger partial charge >= 0.3 is 11.9 Å². The highest BCUT2D eigenvalue weighted by Gasteiger charge is 2.35. The minimum atomic E-state index is -1.47. The Kier molecular flexibility index (Phi) is 24.6. The van der Waals surface area contributed by atoms with Gasteiger partial charge in [-0.2, -0.15) is 11.8 Å². The van der Waals surface area contributed by atoms with Crippen LogP contribution in [-0.4, -0.2) is 129 Å². The minimum Gasteiger partial charge on any atom is -0.481 e. The third-order valence-electron chi connectivity index (χ3n) is 11.2. The van der Waals surface area contributed by atoms with E-state index in [-0.39, 0.29) is 31.1 Å². The summed E-state index contributed by atoms with van der Waals surface area (Å²) in [5, 5.41) is 48.8. The van der Waals surface area contributed by atoms with Gasteiger partial charge in [0.2, 0.25) is 41.4 Å². The molecule has 0 heterocycles. The molecule has 1 aliphatic rings. The van der Waals surface area contributed by atoms with Gasteiger partial charge in [0.25, 0.3) is 0 Å². The van der Waals surface area contributed by atoms with Crippen molar-refractivity contribution >= 4 is 65.1 Å². The van der Waals surface area contributed by atoms with Crippen molar-refractivity contribution in [2.75, 3.05) is 12.0 Å². The number of aliphatic hydroxyl groups excluding tert-OH is 1. The first-order valence-electron chi connectivity index (χ1n) is 22.4. The normalized spacial score (nSPS) is 16.6. The van der Waals surface area contributed by atoms with Crippen LogP contribution in [0.2, 0.25) is 0 Å². The quantitative estimate of drug-likeness (QED) is 0.0569. The van der Waals surface area contributed by atoms with Crippen LogP contribution in [0.15, 0.2) is 30.3 Å². The first kappa shape index (κ1) is 55.9. The molecule has 20 heteroatoms. The topological polar surface area (TPSA) is 299 Å². The summed E-state index contributed by atoms with van der Waals surface area (Å²) < 4.78 is 0. The molecule has 0 radical (unpaired) electrons. The van der Waals surface area contributed by atoms with E-state index in [1.54, 1.807) is 58.0 Å². The number of aliphatic carboxylic acids is 2. The first-order valence-corrected chi connectivity index (χ1v) is 23.8. The lowest BCUT2D eigenvalue weighted by atomic mass is 9.83. The van der Waals surface area contributed by atoms with Gasteiger partial charge in [0, 0.05) is 19.8 Å². The van der Waals surface area contributed by atoms with Gasteiger partial charge in [-0.1, -0.05) is 90.1 Å². The lowest BCUT2D eigenvalue weighted by Crippen LogP contribution is -2.58. The van der Waals surface area contributed by atoms with Crippen LogP contribution in [-0.2, 0) is 49.6 Å². The van der Waals surface area contributed by atoms with Crippen LogP contribution in [0.1, 0.15) is 111 Å². The third kappa shape index (κ3) is 20.6. The summed E-state index contributed by atoms with van der Waals surface area (Å²) in [5.74, 6) is -7.53. The molecule has 1 saturated carbocycles. The van der Waals surface area contributed by atoms with Crippen molar-refractivity contribution in [1.82, 2.24) is 37.2 Å². The van der Waals surface area contributed by atoms with E-state index < -0.39 is 120 Å². The summed E-state index contributed by atoms with van der Waals surface area (Å²) in [6.07, 6.45) is 4.32. The Hall–Kier alpha value is -5.24. The monoisotopic (exact) mass is 933 g/mol. The molecule has 1 aliphatic carbocycles. The van der Waals surface area contributed by atoms with E-state index >= 15 is 0 Å². The molecule has 1 aromatic carbocycles. The number of hydrogen-bond acceptors (Lipinski definition) is 11. The molecule has 364 valence electrons. The van der Waals surface area contributed by atoms with E-state index in [9.17, 15) is 58.5 Å². The van der Waals surface area contributed by atoms with Crippen LogP contribution in [0.5, 0.6) is 0 Å². The molecule has 0 bridgehead atoms. The maximum Gasteiger partial charge on any atom is 0.326 e. The van der Waals surface area contributed by atoms with E-state index in [1.165, 1.54) is 25.6 Å². The molecule has 65 heavy (non-hydrogen) atoms. The molecular weight excluding hydrogens is 863 g/mol. The molecule has 0 spiro atoms. The molecule has 1 fully saturated rings. The fourth-order valence-corrected chi connectivity index (χ4v) is 7.99. The molecule has 0 unspecified atom stereocenters. The molecule has 2 rings (SSSR count). The molecule has 8 atom stereocenters. The van der Waals surface area contributed by atoms with Gasteiger partial charge in [-0.15, -0.1) is 0 Å². The van der Waals surface area contributed by atoms with Crippen LogP contribution < -0.4 is 37.2 Å². The van der Waals surface area contributed by atoms with Crippen LogP contribution in [0.3, 0.4) is 0 Å². The molecule has 1 aromatic rings. The van der Waals surface area contributed by atoms with Gasteiger partial charge in [0.05, 0.1) is 18.6 Å². The second-order valence-electron chi connectivity index (χ2n) is 17.5. The maximum atomic E-state index is 13.9. The fraction of sp³-hybridized carbons (Fsp3) is 0.667. The van der Waals surface area contributed by atoms with Crippen molar-refractivity contribution in [3.8, 4) is 0 Å². The summed E-state index contributed by atoms with van der Waals surface area (Å²) in [7, 11) is 0. The number of carboxylic acids is 2. The largest absolute Gasteiger partial charge is 0.481 e. The molecule has 19 nitrogen and oxygen atoms in total. The summed E-state index contributed by atoms with van der Waals surface area (Å²) in [6, 6.07) is 0.324. The van der Waals surface area contributed by atoms with E-state index in [1.807, 2.05) is 6.26 Å². The Morgan fingerprint density at radius 2 is 1.20 bits per heavy atom. The van der Waals surface area contributed by atoms with E-state index in [2.05, 4.69) is 37.2 Å². The van der Waals surface area contributed by atoms with Crippen LogP contribution in [0, 0.1) is 17.8 Å². The predicted octanol–water partition coefficient (Wildman–Crippen LogP) is 1.40. The van der Waals surface area contributed by atoms with Crippen LogP contribution >= 0.6 is 11.8 Å². The number of carbonyl (C=O) groups is 9. The van der Waals surface area contributed by atoms with Gasteiger partial charge in [0.15, 0.2) is 0 Å². The highest BCUT2D eigenvalue weighted by molar-refractivity contribution is 7.98. The van der Waals surface area contributed by atoms with Gasteiger partial charge in [-0.25, -0.2) is 4.79 Å². The highest BCUT2D eigenvalue weighted by Crippen LogP contribution is 2.28. The second kappa shape index (κ2) is 28.6. The zero-order valence-electron chi connectivity index (χ0n) is 38.6. The molecule has 10 N–H and O–H groups in total. The average molecular weight is 934 g/mol. The number of nitrogens with one attached hydrogen (secondary N) is 7. The van der Waals surface area contributed by atoms with Crippen molar-refractivity contribution in [2.24, 2.45) is 17.8 Å². The number of amides is 7. The number of aliphatic hydroxyl groups is 1. The number of thioether (sulfide) groups is 1. The van der Waals surface area contributed by atoms with Gasteiger partial charge in [-0.05, 0) is 61.5 Å². The maximum absolute atomic E-state index is 13.9. The SMILES string of the molecule is CSCC[C@H](NC(=O)[C@@H](NC(C)=O)C(C)C)C(=O)N[C@@H](CC1CCCCC1)[C@@H](O)CC(=O)N[C@H](C(=O)N[C@@H](C)C(=O)N[C@@H](CCC(=O)O)C(=O)N[C@@H](Cc1ccccc1)C(=O)O)C(C)C. The zero-order chi connectivity index (χ0) is 48.8. The highest BCUT2D eigenvalue weighted by atomic mass is 32.2. The first-order chi connectivity index (χ1) is 30.6. The number of hydrogen-bond donors (Lipinski definition) is 10. The molecular formula is C45H71N7O12S. The number of carboxylic acid groups (broad SMARTS) is 2. The van der Waals surface area contributed by atoms with Crippen molar-refractivity contribution < 1.29 is 58.5 Å². The van der Waals surface area contributed by atoms with Crippen molar-refractivity contribution in [3.63, 3.8) is 0 Å². The Balaban J connectivity index is 2.19. The summed E-state index contributed by atoms with van der Waals surface area (Å²) in [4.78, 5) is 116. The summed E-state index contributed by atoms with van der Waals surface area (Å²) >= 11 is 1.47. The number of benzene rings is 1. The van der Waals surface area contributed by atoms with E-state index in [0.29, 0.717) is 17.7 Å².